The summed E-state index contributed by atoms with van der Waals surface area (Å²) in [5.41, 5.74) is 5.85. The van der Waals surface area contributed by atoms with Gasteiger partial charge in [0.2, 0.25) is 5.91 Å². The van der Waals surface area contributed by atoms with Gasteiger partial charge in [0.1, 0.15) is 0 Å². The summed E-state index contributed by atoms with van der Waals surface area (Å²) in [7, 11) is 0. The Hall–Kier alpha value is -1.10. The van der Waals surface area contributed by atoms with E-state index in [-0.39, 0.29) is 23.3 Å². The molecule has 2 fully saturated rings. The Balaban J connectivity index is 1.76. The molecule has 5 nitrogen and oxygen atoms in total. The van der Waals surface area contributed by atoms with Gasteiger partial charge >= 0.3 is 5.97 Å². The van der Waals surface area contributed by atoms with Gasteiger partial charge in [-0.15, -0.1) is 0 Å². The van der Waals surface area contributed by atoms with Crippen molar-refractivity contribution in [1.29, 1.82) is 0 Å². The summed E-state index contributed by atoms with van der Waals surface area (Å²) in [5.74, 6) is -0.0204. The van der Waals surface area contributed by atoms with Gasteiger partial charge in [0, 0.05) is 25.0 Å². The number of hydrogen-bond acceptors (Lipinski definition) is 4. The van der Waals surface area contributed by atoms with E-state index in [9.17, 15) is 9.59 Å². The molecule has 1 aliphatic carbocycles. The summed E-state index contributed by atoms with van der Waals surface area (Å²) in [5, 5.41) is 0. The molecule has 2 N–H and O–H groups in total. The fourth-order valence-electron chi connectivity index (χ4n) is 2.85. The van der Waals surface area contributed by atoms with E-state index in [1.165, 1.54) is 0 Å². The normalized spacial score (nSPS) is 22.7. The van der Waals surface area contributed by atoms with Crippen molar-refractivity contribution in [3.05, 3.63) is 0 Å². The maximum absolute atomic E-state index is 12.1. The van der Waals surface area contributed by atoms with E-state index < -0.39 is 0 Å². The smallest absolute Gasteiger partial charge is 0.309 e. The zero-order valence-corrected chi connectivity index (χ0v) is 11.7. The van der Waals surface area contributed by atoms with Crippen LogP contribution in [0, 0.1) is 5.92 Å². The predicted octanol–water partition coefficient (Wildman–Crippen LogP) is 1.06. The summed E-state index contributed by atoms with van der Waals surface area (Å²) in [6.07, 6.45) is 4.92. The average molecular weight is 268 g/mol. The Bertz CT molecular complexity index is 345. The maximum atomic E-state index is 12.1. The molecule has 1 saturated carbocycles. The van der Waals surface area contributed by atoms with Crippen LogP contribution in [0.1, 0.15) is 45.4 Å². The minimum atomic E-state index is -0.255. The van der Waals surface area contributed by atoms with Gasteiger partial charge in [-0.3, -0.25) is 9.59 Å². The molecule has 0 aromatic rings. The molecule has 0 spiro atoms. The Kier molecular flexibility index (Phi) is 4.45. The molecular formula is C14H24N2O3. The van der Waals surface area contributed by atoms with Crippen LogP contribution in [0.4, 0.5) is 0 Å². The van der Waals surface area contributed by atoms with Gasteiger partial charge in [-0.25, -0.2) is 0 Å². The lowest BCUT2D eigenvalue weighted by Gasteiger charge is -2.40. The van der Waals surface area contributed by atoms with Crippen molar-refractivity contribution in [2.75, 3.05) is 19.7 Å². The highest BCUT2D eigenvalue weighted by Crippen LogP contribution is 2.33. The van der Waals surface area contributed by atoms with Crippen molar-refractivity contribution in [2.45, 2.75) is 51.0 Å². The molecule has 1 amide bonds. The van der Waals surface area contributed by atoms with Crippen LogP contribution in [0.2, 0.25) is 0 Å². The predicted molar refractivity (Wildman–Crippen MR) is 71.3 cm³/mol. The second-order valence-corrected chi connectivity index (χ2v) is 5.80. The molecule has 2 rings (SSSR count). The van der Waals surface area contributed by atoms with E-state index in [0.29, 0.717) is 39.0 Å². The van der Waals surface area contributed by atoms with E-state index in [1.54, 1.807) is 0 Å². The van der Waals surface area contributed by atoms with Crippen LogP contribution in [-0.2, 0) is 14.3 Å². The molecule has 0 aromatic heterocycles. The Morgan fingerprint density at radius 1 is 1.32 bits per heavy atom. The molecule has 19 heavy (non-hydrogen) atoms. The first kappa shape index (κ1) is 14.3. The van der Waals surface area contributed by atoms with Gasteiger partial charge in [0.25, 0.3) is 0 Å². The molecule has 108 valence electrons. The van der Waals surface area contributed by atoms with Crippen LogP contribution < -0.4 is 5.73 Å². The van der Waals surface area contributed by atoms with E-state index in [1.807, 2.05) is 11.8 Å². The number of nitrogens with two attached hydrogens (primary N) is 1. The SMILES string of the molecule is CCOC(=O)C1CCN(C(=O)CC2(N)CCC2)CC1. The number of hydrogen-bond donors (Lipinski definition) is 1. The largest absolute Gasteiger partial charge is 0.466 e. The summed E-state index contributed by atoms with van der Waals surface area (Å²) in [6.45, 7) is 3.54. The maximum Gasteiger partial charge on any atom is 0.309 e. The third kappa shape index (κ3) is 3.47. The number of carbonyl (C=O) groups is 2. The zero-order valence-electron chi connectivity index (χ0n) is 11.7. The number of piperidine rings is 1. The molecular weight excluding hydrogens is 244 g/mol. The Labute approximate surface area is 114 Å². The van der Waals surface area contributed by atoms with Crippen LogP contribution in [0.25, 0.3) is 0 Å². The minimum Gasteiger partial charge on any atom is -0.466 e. The van der Waals surface area contributed by atoms with Gasteiger partial charge in [0.05, 0.1) is 12.5 Å². The lowest BCUT2D eigenvalue weighted by atomic mass is 9.75. The second kappa shape index (κ2) is 5.90. The monoisotopic (exact) mass is 268 g/mol. The minimum absolute atomic E-state index is 0.0421. The fraction of sp³-hybridized carbons (Fsp3) is 0.857. The summed E-state index contributed by atoms with van der Waals surface area (Å²) < 4.78 is 5.02. The quantitative estimate of drug-likeness (QED) is 0.774. The number of rotatable bonds is 4. The first-order valence-corrected chi connectivity index (χ1v) is 7.27. The van der Waals surface area contributed by atoms with Gasteiger partial charge in [0.15, 0.2) is 0 Å². The number of ether oxygens (including phenoxy) is 1. The average Bonchev–Trinajstić information content (AvgIpc) is 2.37. The van der Waals surface area contributed by atoms with Gasteiger partial charge in [-0.05, 0) is 39.0 Å². The molecule has 2 aliphatic rings. The summed E-state index contributed by atoms with van der Waals surface area (Å²) in [4.78, 5) is 25.6. The first-order chi connectivity index (χ1) is 9.04. The molecule has 5 heteroatoms. The van der Waals surface area contributed by atoms with Crippen molar-refractivity contribution in [3.63, 3.8) is 0 Å². The number of nitrogens with zero attached hydrogens (tertiary/aromatic N) is 1. The molecule has 1 heterocycles. The highest BCUT2D eigenvalue weighted by Gasteiger charge is 2.37. The summed E-state index contributed by atoms with van der Waals surface area (Å²) >= 11 is 0. The third-order valence-corrected chi connectivity index (χ3v) is 4.32. The molecule has 0 bridgehead atoms. The highest BCUT2D eigenvalue weighted by molar-refractivity contribution is 5.78. The van der Waals surface area contributed by atoms with Crippen molar-refractivity contribution >= 4 is 11.9 Å². The van der Waals surface area contributed by atoms with E-state index in [4.69, 9.17) is 10.5 Å². The molecule has 0 atom stereocenters. The molecule has 0 aromatic carbocycles. The first-order valence-electron chi connectivity index (χ1n) is 7.27. The second-order valence-electron chi connectivity index (χ2n) is 5.80. The number of esters is 1. The van der Waals surface area contributed by atoms with E-state index in [2.05, 4.69) is 0 Å². The van der Waals surface area contributed by atoms with Crippen molar-refractivity contribution < 1.29 is 14.3 Å². The fourth-order valence-corrected chi connectivity index (χ4v) is 2.85. The van der Waals surface area contributed by atoms with Crippen LogP contribution >= 0.6 is 0 Å². The summed E-state index contributed by atoms with van der Waals surface area (Å²) in [6, 6.07) is 0. The van der Waals surface area contributed by atoms with Gasteiger partial charge < -0.3 is 15.4 Å². The van der Waals surface area contributed by atoms with E-state index in [0.717, 1.165) is 19.3 Å². The number of carbonyl (C=O) groups excluding carboxylic acids is 2. The lowest BCUT2D eigenvalue weighted by Crippen LogP contribution is -2.51. The molecule has 1 saturated heterocycles. The highest BCUT2D eigenvalue weighted by atomic mass is 16.5. The topological polar surface area (TPSA) is 72.6 Å². The molecule has 0 radical (unpaired) electrons. The van der Waals surface area contributed by atoms with Gasteiger partial charge in [-0.2, -0.15) is 0 Å². The number of likely N-dealkylation sites (tertiary alicyclic amines) is 1. The van der Waals surface area contributed by atoms with Crippen LogP contribution in [0.15, 0.2) is 0 Å². The number of amides is 1. The van der Waals surface area contributed by atoms with E-state index >= 15 is 0 Å². The van der Waals surface area contributed by atoms with Gasteiger partial charge in [-0.1, -0.05) is 0 Å². The van der Waals surface area contributed by atoms with Crippen LogP contribution in [0.5, 0.6) is 0 Å². The molecule has 1 aliphatic heterocycles. The van der Waals surface area contributed by atoms with Crippen LogP contribution in [0.3, 0.4) is 0 Å². The van der Waals surface area contributed by atoms with Crippen molar-refractivity contribution in [1.82, 2.24) is 4.90 Å². The van der Waals surface area contributed by atoms with Crippen molar-refractivity contribution in [3.8, 4) is 0 Å². The molecule has 0 unspecified atom stereocenters. The Morgan fingerprint density at radius 2 is 1.95 bits per heavy atom. The third-order valence-electron chi connectivity index (χ3n) is 4.32. The zero-order chi connectivity index (χ0) is 13.9. The van der Waals surface area contributed by atoms with Crippen LogP contribution in [-0.4, -0.2) is 42.0 Å². The standard InChI is InChI=1S/C14H24N2O3/c1-2-19-13(18)11-4-8-16(9-5-11)12(17)10-14(15)6-3-7-14/h11H,2-10,15H2,1H3. The van der Waals surface area contributed by atoms with Crippen molar-refractivity contribution in [2.24, 2.45) is 11.7 Å². The lowest BCUT2D eigenvalue weighted by molar-refractivity contribution is -0.151. The Morgan fingerprint density at radius 3 is 2.42 bits per heavy atom.